The highest BCUT2D eigenvalue weighted by Crippen LogP contribution is 2.20. The van der Waals surface area contributed by atoms with Gasteiger partial charge in [-0.25, -0.2) is 4.79 Å². The van der Waals surface area contributed by atoms with Crippen LogP contribution in [0.5, 0.6) is 0 Å². The Balaban J connectivity index is 3.13. The molecule has 1 aromatic rings. The normalized spacial score (nSPS) is 11.9. The van der Waals surface area contributed by atoms with Gasteiger partial charge in [-0.2, -0.15) is 4.68 Å². The number of aliphatic carboxylic acids is 1. The van der Waals surface area contributed by atoms with Gasteiger partial charge in [0.15, 0.2) is 5.56 Å². The molecule has 0 radical (unpaired) electrons. The quantitative estimate of drug-likeness (QED) is 0.465. The fourth-order valence-electron chi connectivity index (χ4n) is 1.34. The van der Waals surface area contributed by atoms with Crippen LogP contribution < -0.4 is 0 Å². The first kappa shape index (κ1) is 13.6. The molecule has 0 fully saturated rings. The van der Waals surface area contributed by atoms with Crippen molar-refractivity contribution in [3.63, 3.8) is 0 Å². The molecule has 0 aromatic carbocycles. The topological polar surface area (TPSA) is 125 Å². The molecule has 0 saturated carbocycles. The number of carbonyl (C=O) groups excluding carboxylic acids is 1. The Labute approximate surface area is 101 Å². The van der Waals surface area contributed by atoms with E-state index in [9.17, 15) is 19.7 Å². The van der Waals surface area contributed by atoms with E-state index in [-0.39, 0.29) is 12.0 Å². The SMILES string of the molecule is COC(=O)c1cn([C@H](C)CC(=O)O)nc1[N+](=O)[O-]. The molecule has 0 aliphatic rings. The first-order chi connectivity index (χ1) is 8.36. The Morgan fingerprint density at radius 1 is 1.67 bits per heavy atom. The maximum Gasteiger partial charge on any atom is 0.404 e. The van der Waals surface area contributed by atoms with Crippen LogP contribution in [0, 0.1) is 10.1 Å². The summed E-state index contributed by atoms with van der Waals surface area (Å²) in [6.07, 6.45) is 0.844. The lowest BCUT2D eigenvalue weighted by Gasteiger charge is -2.03. The van der Waals surface area contributed by atoms with E-state index in [4.69, 9.17) is 5.11 Å². The van der Waals surface area contributed by atoms with Crippen LogP contribution in [-0.2, 0) is 9.53 Å². The molecule has 0 unspecified atom stereocenters. The van der Waals surface area contributed by atoms with Crippen molar-refractivity contribution >= 4 is 17.8 Å². The van der Waals surface area contributed by atoms with Crippen LogP contribution in [0.25, 0.3) is 0 Å². The van der Waals surface area contributed by atoms with Crippen LogP contribution in [0.3, 0.4) is 0 Å². The number of carboxylic acids is 1. The second-order valence-corrected chi connectivity index (χ2v) is 3.54. The van der Waals surface area contributed by atoms with E-state index >= 15 is 0 Å². The molecule has 0 saturated heterocycles. The molecule has 18 heavy (non-hydrogen) atoms. The van der Waals surface area contributed by atoms with Crippen LogP contribution in [0.2, 0.25) is 0 Å². The lowest BCUT2D eigenvalue weighted by atomic mass is 10.2. The standard InChI is InChI=1S/C9H11N3O6/c1-5(3-7(13)14)11-4-6(9(15)18-2)8(10-11)12(16)17/h4-5H,3H2,1-2H3,(H,13,14)/t5-/m1/s1. The molecule has 0 amide bonds. The third-order valence-corrected chi connectivity index (χ3v) is 2.21. The number of methoxy groups -OCH3 is 1. The van der Waals surface area contributed by atoms with Crippen molar-refractivity contribution in [1.82, 2.24) is 9.78 Å². The molecule has 9 nitrogen and oxygen atoms in total. The summed E-state index contributed by atoms with van der Waals surface area (Å²) >= 11 is 0. The van der Waals surface area contributed by atoms with Gasteiger partial charge in [0.05, 0.1) is 30.9 Å². The van der Waals surface area contributed by atoms with E-state index in [1.165, 1.54) is 6.92 Å². The molecule has 98 valence electrons. The summed E-state index contributed by atoms with van der Waals surface area (Å²) in [4.78, 5) is 31.7. The molecule has 0 aliphatic carbocycles. The number of hydrogen-bond donors (Lipinski definition) is 1. The van der Waals surface area contributed by atoms with Gasteiger partial charge in [-0.3, -0.25) is 4.79 Å². The minimum Gasteiger partial charge on any atom is -0.481 e. The summed E-state index contributed by atoms with van der Waals surface area (Å²) < 4.78 is 5.46. The molecule has 9 heteroatoms. The maximum atomic E-state index is 11.3. The third-order valence-electron chi connectivity index (χ3n) is 2.21. The first-order valence-corrected chi connectivity index (χ1v) is 4.90. The zero-order valence-corrected chi connectivity index (χ0v) is 9.69. The summed E-state index contributed by atoms with van der Waals surface area (Å²) in [6.45, 7) is 1.52. The first-order valence-electron chi connectivity index (χ1n) is 4.90. The van der Waals surface area contributed by atoms with Crippen LogP contribution in [-0.4, -0.2) is 38.9 Å². The van der Waals surface area contributed by atoms with Gasteiger partial charge in [0.25, 0.3) is 0 Å². The zero-order chi connectivity index (χ0) is 13.9. The second-order valence-electron chi connectivity index (χ2n) is 3.54. The van der Waals surface area contributed by atoms with Gasteiger partial charge < -0.3 is 20.0 Å². The molecular formula is C9H11N3O6. The van der Waals surface area contributed by atoms with Crippen molar-refractivity contribution in [3.8, 4) is 0 Å². The van der Waals surface area contributed by atoms with Crippen LogP contribution in [0.1, 0.15) is 29.7 Å². The van der Waals surface area contributed by atoms with Crippen molar-refractivity contribution in [2.75, 3.05) is 7.11 Å². The highest BCUT2D eigenvalue weighted by Gasteiger charge is 2.29. The highest BCUT2D eigenvalue weighted by molar-refractivity contribution is 5.92. The van der Waals surface area contributed by atoms with Crippen molar-refractivity contribution in [2.45, 2.75) is 19.4 Å². The molecule has 0 spiro atoms. The molecular weight excluding hydrogens is 246 g/mol. The lowest BCUT2D eigenvalue weighted by molar-refractivity contribution is -0.390. The monoisotopic (exact) mass is 257 g/mol. The van der Waals surface area contributed by atoms with Crippen LogP contribution in [0.4, 0.5) is 5.82 Å². The predicted molar refractivity (Wildman–Crippen MR) is 57.2 cm³/mol. The van der Waals surface area contributed by atoms with Gasteiger partial charge in [-0.1, -0.05) is 0 Å². The number of nitro groups is 1. The fraction of sp³-hybridized carbons (Fsp3) is 0.444. The van der Waals surface area contributed by atoms with Gasteiger partial charge in [0, 0.05) is 0 Å². The van der Waals surface area contributed by atoms with E-state index in [2.05, 4.69) is 9.84 Å². The Hall–Kier alpha value is -2.45. The Morgan fingerprint density at radius 3 is 2.72 bits per heavy atom. The summed E-state index contributed by atoms with van der Waals surface area (Å²) in [6, 6.07) is -0.611. The minimum atomic E-state index is -1.07. The summed E-state index contributed by atoms with van der Waals surface area (Å²) in [7, 11) is 1.09. The average molecular weight is 257 g/mol. The van der Waals surface area contributed by atoms with Crippen molar-refractivity contribution in [2.24, 2.45) is 0 Å². The minimum absolute atomic E-state index is 0.264. The Kier molecular flexibility index (Phi) is 3.97. The van der Waals surface area contributed by atoms with E-state index in [0.29, 0.717) is 0 Å². The maximum absolute atomic E-state index is 11.3. The summed E-state index contributed by atoms with van der Waals surface area (Å²) in [5.74, 6) is -2.62. The largest absolute Gasteiger partial charge is 0.481 e. The molecule has 0 bridgehead atoms. The van der Waals surface area contributed by atoms with E-state index in [0.717, 1.165) is 18.0 Å². The number of esters is 1. The molecule has 1 heterocycles. The number of nitrogens with zero attached hydrogens (tertiary/aromatic N) is 3. The van der Waals surface area contributed by atoms with E-state index < -0.39 is 28.7 Å². The zero-order valence-electron chi connectivity index (χ0n) is 9.69. The number of carbonyl (C=O) groups is 2. The smallest absolute Gasteiger partial charge is 0.404 e. The van der Waals surface area contributed by atoms with Gasteiger partial charge >= 0.3 is 17.8 Å². The van der Waals surface area contributed by atoms with Gasteiger partial charge in [0.1, 0.15) is 0 Å². The van der Waals surface area contributed by atoms with Crippen LogP contribution >= 0.6 is 0 Å². The molecule has 1 atom stereocenters. The average Bonchev–Trinajstić information content (AvgIpc) is 2.71. The lowest BCUT2D eigenvalue weighted by Crippen LogP contribution is -2.11. The highest BCUT2D eigenvalue weighted by atomic mass is 16.6. The van der Waals surface area contributed by atoms with Crippen molar-refractivity contribution < 1.29 is 24.4 Å². The van der Waals surface area contributed by atoms with Gasteiger partial charge in [0.2, 0.25) is 0 Å². The number of ether oxygens (including phenoxy) is 1. The molecule has 1 N–H and O–H groups in total. The third kappa shape index (κ3) is 2.81. The number of carboxylic acid groups (broad SMARTS) is 1. The summed E-state index contributed by atoms with van der Waals surface area (Å²) in [5, 5.41) is 22.9. The fourth-order valence-corrected chi connectivity index (χ4v) is 1.34. The Bertz CT molecular complexity index is 494. The van der Waals surface area contributed by atoms with Gasteiger partial charge in [-0.15, -0.1) is 0 Å². The summed E-state index contributed by atoms with van der Waals surface area (Å²) in [5.41, 5.74) is -0.306. The number of hydrogen-bond acceptors (Lipinski definition) is 6. The van der Waals surface area contributed by atoms with Crippen molar-refractivity contribution in [1.29, 1.82) is 0 Å². The van der Waals surface area contributed by atoms with Gasteiger partial charge in [-0.05, 0) is 11.8 Å². The second kappa shape index (κ2) is 5.25. The van der Waals surface area contributed by atoms with Crippen LogP contribution in [0.15, 0.2) is 6.20 Å². The molecule has 1 rings (SSSR count). The predicted octanol–water partition coefficient (Wildman–Crippen LogP) is 0.614. The number of aromatic nitrogens is 2. The molecule has 0 aliphatic heterocycles. The van der Waals surface area contributed by atoms with E-state index in [1.54, 1.807) is 0 Å². The van der Waals surface area contributed by atoms with E-state index in [1.807, 2.05) is 0 Å². The molecule has 1 aromatic heterocycles. The number of rotatable bonds is 5. The van der Waals surface area contributed by atoms with Crippen molar-refractivity contribution in [3.05, 3.63) is 21.9 Å². The Morgan fingerprint density at radius 2 is 2.28 bits per heavy atom.